The maximum Gasteiger partial charge on any atom is 0.216 e. The van der Waals surface area contributed by atoms with Crippen LogP contribution in [0.2, 0.25) is 0 Å². The standard InChI is InChI=1S/C16H17FN6S/c1-16(2,3)14-21-22-15(23(14)18)24-13-9-8-12(19-20-13)10-4-6-11(17)7-5-10/h4-9H,18H2,1-3H3. The van der Waals surface area contributed by atoms with E-state index in [1.54, 1.807) is 12.1 Å². The fourth-order valence-corrected chi connectivity index (χ4v) is 2.77. The molecule has 124 valence electrons. The van der Waals surface area contributed by atoms with Gasteiger partial charge in [0.05, 0.1) is 5.69 Å². The van der Waals surface area contributed by atoms with Gasteiger partial charge in [0, 0.05) is 11.0 Å². The van der Waals surface area contributed by atoms with E-state index in [1.165, 1.54) is 28.6 Å². The van der Waals surface area contributed by atoms with E-state index < -0.39 is 0 Å². The van der Waals surface area contributed by atoms with Gasteiger partial charge in [-0.25, -0.2) is 9.07 Å². The van der Waals surface area contributed by atoms with Gasteiger partial charge in [0.1, 0.15) is 10.8 Å². The van der Waals surface area contributed by atoms with Gasteiger partial charge in [-0.3, -0.25) is 0 Å². The Morgan fingerprint density at radius 2 is 1.67 bits per heavy atom. The van der Waals surface area contributed by atoms with Crippen LogP contribution in [0.25, 0.3) is 11.3 Å². The number of halogens is 1. The molecule has 0 saturated carbocycles. The molecule has 1 aromatic carbocycles. The van der Waals surface area contributed by atoms with Crippen LogP contribution in [0.5, 0.6) is 0 Å². The van der Waals surface area contributed by atoms with E-state index in [-0.39, 0.29) is 11.2 Å². The molecule has 2 N–H and O–H groups in total. The van der Waals surface area contributed by atoms with Crippen molar-refractivity contribution in [3.63, 3.8) is 0 Å². The van der Waals surface area contributed by atoms with Crippen molar-refractivity contribution in [2.24, 2.45) is 0 Å². The Kier molecular flexibility index (Phi) is 4.23. The van der Waals surface area contributed by atoms with Gasteiger partial charge in [-0.05, 0) is 48.2 Å². The van der Waals surface area contributed by atoms with Crippen LogP contribution in [0.1, 0.15) is 26.6 Å². The largest absolute Gasteiger partial charge is 0.336 e. The first kappa shape index (κ1) is 16.4. The van der Waals surface area contributed by atoms with E-state index in [0.717, 1.165) is 5.56 Å². The van der Waals surface area contributed by atoms with Crippen LogP contribution in [0.3, 0.4) is 0 Å². The van der Waals surface area contributed by atoms with E-state index in [0.29, 0.717) is 21.7 Å². The second-order valence-corrected chi connectivity index (χ2v) is 7.28. The van der Waals surface area contributed by atoms with Crippen molar-refractivity contribution in [3.8, 4) is 11.3 Å². The highest BCUT2D eigenvalue weighted by molar-refractivity contribution is 7.99. The van der Waals surface area contributed by atoms with Crippen molar-refractivity contribution < 1.29 is 4.39 Å². The molecule has 0 aliphatic carbocycles. The fraction of sp³-hybridized carbons (Fsp3) is 0.250. The smallest absolute Gasteiger partial charge is 0.216 e. The molecule has 6 nitrogen and oxygen atoms in total. The van der Waals surface area contributed by atoms with Crippen LogP contribution in [0.15, 0.2) is 46.6 Å². The molecule has 8 heteroatoms. The van der Waals surface area contributed by atoms with E-state index in [9.17, 15) is 4.39 Å². The number of aromatic nitrogens is 5. The van der Waals surface area contributed by atoms with Crippen LogP contribution in [0, 0.1) is 5.82 Å². The highest BCUT2D eigenvalue weighted by atomic mass is 32.2. The lowest BCUT2D eigenvalue weighted by Crippen LogP contribution is -2.24. The summed E-state index contributed by atoms with van der Waals surface area (Å²) in [7, 11) is 0. The van der Waals surface area contributed by atoms with Gasteiger partial charge in [-0.1, -0.05) is 20.8 Å². The molecular weight excluding hydrogens is 327 g/mol. The molecule has 3 rings (SSSR count). The lowest BCUT2D eigenvalue weighted by Gasteiger charge is -2.16. The Morgan fingerprint density at radius 3 is 2.21 bits per heavy atom. The Labute approximate surface area is 143 Å². The first-order chi connectivity index (χ1) is 11.3. The quantitative estimate of drug-likeness (QED) is 0.735. The average Bonchev–Trinajstić information content (AvgIpc) is 2.90. The van der Waals surface area contributed by atoms with Crippen molar-refractivity contribution in [3.05, 3.63) is 48.0 Å². The van der Waals surface area contributed by atoms with Crippen LogP contribution >= 0.6 is 11.8 Å². The summed E-state index contributed by atoms with van der Waals surface area (Å²) < 4.78 is 14.4. The maximum absolute atomic E-state index is 13.0. The zero-order chi connectivity index (χ0) is 17.3. The van der Waals surface area contributed by atoms with Crippen LogP contribution in [-0.2, 0) is 5.41 Å². The number of nitrogens with two attached hydrogens (primary N) is 1. The van der Waals surface area contributed by atoms with Gasteiger partial charge >= 0.3 is 0 Å². The van der Waals surface area contributed by atoms with E-state index in [2.05, 4.69) is 20.4 Å². The minimum Gasteiger partial charge on any atom is -0.336 e. The summed E-state index contributed by atoms with van der Waals surface area (Å²) in [5, 5.41) is 17.8. The summed E-state index contributed by atoms with van der Waals surface area (Å²) in [5.41, 5.74) is 1.28. The zero-order valence-corrected chi connectivity index (χ0v) is 14.4. The molecule has 0 bridgehead atoms. The zero-order valence-electron chi connectivity index (χ0n) is 13.6. The molecule has 0 aliphatic heterocycles. The molecular formula is C16H17FN6S. The minimum absolute atomic E-state index is 0.196. The number of nitrogens with zero attached hydrogens (tertiary/aromatic N) is 5. The first-order valence-electron chi connectivity index (χ1n) is 7.33. The van der Waals surface area contributed by atoms with Crippen LogP contribution in [0.4, 0.5) is 4.39 Å². The maximum atomic E-state index is 13.0. The number of hydrogen-bond donors (Lipinski definition) is 1. The minimum atomic E-state index is -0.282. The van der Waals surface area contributed by atoms with E-state index >= 15 is 0 Å². The predicted octanol–water partition coefficient (Wildman–Crippen LogP) is 3.04. The summed E-state index contributed by atoms with van der Waals surface area (Å²) in [5.74, 6) is 6.47. The summed E-state index contributed by atoms with van der Waals surface area (Å²) in [4.78, 5) is 0. The third-order valence-corrected chi connectivity index (χ3v) is 4.20. The first-order valence-corrected chi connectivity index (χ1v) is 8.15. The second kappa shape index (κ2) is 6.20. The Hall–Kier alpha value is -2.48. The normalized spacial score (nSPS) is 11.7. The SMILES string of the molecule is CC(C)(C)c1nnc(Sc2ccc(-c3ccc(F)cc3)nn2)n1N. The molecule has 3 aromatic rings. The third-order valence-electron chi connectivity index (χ3n) is 3.31. The van der Waals surface area contributed by atoms with Gasteiger partial charge in [0.25, 0.3) is 0 Å². The number of benzene rings is 1. The topological polar surface area (TPSA) is 82.5 Å². The van der Waals surface area contributed by atoms with Crippen LogP contribution in [-0.4, -0.2) is 25.1 Å². The summed E-state index contributed by atoms with van der Waals surface area (Å²) >= 11 is 1.29. The molecule has 0 fully saturated rings. The summed E-state index contributed by atoms with van der Waals surface area (Å²) in [6, 6.07) is 9.76. The lowest BCUT2D eigenvalue weighted by molar-refractivity contribution is 0.523. The summed E-state index contributed by atoms with van der Waals surface area (Å²) in [6.07, 6.45) is 0. The van der Waals surface area contributed by atoms with Crippen molar-refractivity contribution >= 4 is 11.8 Å². The predicted molar refractivity (Wildman–Crippen MR) is 90.4 cm³/mol. The van der Waals surface area contributed by atoms with Gasteiger partial charge in [0.2, 0.25) is 5.16 Å². The van der Waals surface area contributed by atoms with Gasteiger partial charge in [0.15, 0.2) is 5.82 Å². The van der Waals surface area contributed by atoms with Crippen molar-refractivity contribution in [1.82, 2.24) is 25.1 Å². The molecule has 0 radical (unpaired) electrons. The number of nitrogen functional groups attached to an aromatic ring is 1. The van der Waals surface area contributed by atoms with E-state index in [1.807, 2.05) is 32.9 Å². The van der Waals surface area contributed by atoms with Crippen molar-refractivity contribution in [2.45, 2.75) is 36.4 Å². The van der Waals surface area contributed by atoms with Crippen molar-refractivity contribution in [1.29, 1.82) is 0 Å². The van der Waals surface area contributed by atoms with E-state index in [4.69, 9.17) is 5.84 Å². The highest BCUT2D eigenvalue weighted by Gasteiger charge is 2.23. The molecule has 0 spiro atoms. The molecule has 0 atom stereocenters. The number of hydrogen-bond acceptors (Lipinski definition) is 6. The Balaban J connectivity index is 1.80. The van der Waals surface area contributed by atoms with Crippen LogP contribution < -0.4 is 5.84 Å². The Morgan fingerprint density at radius 1 is 0.958 bits per heavy atom. The molecule has 2 heterocycles. The Bertz CT molecular complexity index is 836. The molecule has 0 unspecified atom stereocenters. The molecule has 0 aliphatic rings. The van der Waals surface area contributed by atoms with Gasteiger partial charge in [-0.2, -0.15) is 0 Å². The average molecular weight is 344 g/mol. The third kappa shape index (κ3) is 3.38. The number of rotatable bonds is 3. The molecule has 0 amide bonds. The van der Waals surface area contributed by atoms with Gasteiger partial charge in [-0.15, -0.1) is 20.4 Å². The second-order valence-electron chi connectivity index (χ2n) is 6.29. The van der Waals surface area contributed by atoms with Gasteiger partial charge < -0.3 is 5.84 Å². The monoisotopic (exact) mass is 344 g/mol. The van der Waals surface area contributed by atoms with Crippen molar-refractivity contribution in [2.75, 3.05) is 5.84 Å². The summed E-state index contributed by atoms with van der Waals surface area (Å²) in [6.45, 7) is 6.06. The lowest BCUT2D eigenvalue weighted by atomic mass is 9.96. The molecule has 0 saturated heterocycles. The highest BCUT2D eigenvalue weighted by Crippen LogP contribution is 2.28. The molecule has 24 heavy (non-hydrogen) atoms. The fourth-order valence-electron chi connectivity index (χ4n) is 2.10. The molecule has 2 aromatic heterocycles.